The first-order chi connectivity index (χ1) is 9.74. The Morgan fingerprint density at radius 1 is 1.40 bits per heavy atom. The molecule has 106 valence electrons. The van der Waals surface area contributed by atoms with Crippen LogP contribution in [0.25, 0.3) is 0 Å². The van der Waals surface area contributed by atoms with Crippen molar-refractivity contribution in [3.63, 3.8) is 0 Å². The van der Waals surface area contributed by atoms with Crippen LogP contribution >= 0.6 is 0 Å². The van der Waals surface area contributed by atoms with Gasteiger partial charge in [-0.05, 0) is 43.0 Å². The average Bonchev–Trinajstić information content (AvgIpc) is 3.11. The summed E-state index contributed by atoms with van der Waals surface area (Å²) < 4.78 is 5.51. The molecule has 4 rings (SSSR count). The van der Waals surface area contributed by atoms with Crippen molar-refractivity contribution in [3.8, 4) is 5.75 Å². The van der Waals surface area contributed by atoms with Crippen molar-refractivity contribution in [2.75, 3.05) is 19.7 Å². The molecule has 1 aromatic carbocycles. The van der Waals surface area contributed by atoms with E-state index in [2.05, 4.69) is 17.1 Å². The van der Waals surface area contributed by atoms with Gasteiger partial charge in [-0.3, -0.25) is 4.79 Å². The van der Waals surface area contributed by atoms with Gasteiger partial charge in [0.05, 0.1) is 6.61 Å². The van der Waals surface area contributed by atoms with E-state index in [0.29, 0.717) is 18.0 Å². The Balaban J connectivity index is 1.63. The predicted molar refractivity (Wildman–Crippen MR) is 76.0 cm³/mol. The second kappa shape index (κ2) is 4.48. The van der Waals surface area contributed by atoms with Crippen molar-refractivity contribution >= 4 is 5.91 Å². The number of carbonyl (C=O) groups excluding carboxylic acids is 1. The Kier molecular flexibility index (Phi) is 2.74. The zero-order chi connectivity index (χ0) is 13.7. The van der Waals surface area contributed by atoms with Crippen LogP contribution in [-0.4, -0.2) is 42.6 Å². The second-order valence-corrected chi connectivity index (χ2v) is 6.20. The van der Waals surface area contributed by atoms with Gasteiger partial charge in [-0.25, -0.2) is 0 Å². The second-order valence-electron chi connectivity index (χ2n) is 6.20. The minimum Gasteiger partial charge on any atom is -0.493 e. The molecule has 1 aromatic rings. The first-order valence-electron chi connectivity index (χ1n) is 7.53. The van der Waals surface area contributed by atoms with Gasteiger partial charge in [0.2, 0.25) is 0 Å². The number of rotatable bonds is 1. The van der Waals surface area contributed by atoms with Crippen LogP contribution in [0, 0.1) is 5.92 Å². The molecule has 20 heavy (non-hydrogen) atoms. The van der Waals surface area contributed by atoms with Crippen molar-refractivity contribution in [2.24, 2.45) is 5.92 Å². The van der Waals surface area contributed by atoms with Crippen molar-refractivity contribution in [1.82, 2.24) is 10.2 Å². The summed E-state index contributed by atoms with van der Waals surface area (Å²) in [5.41, 5.74) is 1.98. The molecule has 0 aliphatic carbocycles. The first-order valence-corrected chi connectivity index (χ1v) is 7.53. The maximum Gasteiger partial charge on any atom is 0.254 e. The zero-order valence-corrected chi connectivity index (χ0v) is 11.8. The molecule has 3 atom stereocenters. The fraction of sp³-hybridized carbons (Fsp3) is 0.562. The molecule has 0 radical (unpaired) electrons. The summed E-state index contributed by atoms with van der Waals surface area (Å²) in [7, 11) is 0. The van der Waals surface area contributed by atoms with E-state index in [-0.39, 0.29) is 5.91 Å². The average molecular weight is 272 g/mol. The van der Waals surface area contributed by atoms with Gasteiger partial charge in [-0.1, -0.05) is 0 Å². The Morgan fingerprint density at radius 3 is 3.20 bits per heavy atom. The highest BCUT2D eigenvalue weighted by atomic mass is 16.5. The lowest BCUT2D eigenvalue weighted by Gasteiger charge is -2.27. The third kappa shape index (κ3) is 1.74. The van der Waals surface area contributed by atoms with Gasteiger partial charge in [0, 0.05) is 37.2 Å². The maximum atomic E-state index is 12.9. The highest BCUT2D eigenvalue weighted by molar-refractivity contribution is 5.95. The number of carbonyl (C=O) groups is 1. The van der Waals surface area contributed by atoms with E-state index in [0.717, 1.165) is 43.9 Å². The van der Waals surface area contributed by atoms with Gasteiger partial charge < -0.3 is 15.0 Å². The van der Waals surface area contributed by atoms with Crippen molar-refractivity contribution in [1.29, 1.82) is 0 Å². The quantitative estimate of drug-likeness (QED) is 0.841. The predicted octanol–water partition coefficient (Wildman–Crippen LogP) is 1.44. The molecular weight excluding hydrogens is 252 g/mol. The summed E-state index contributed by atoms with van der Waals surface area (Å²) in [6.45, 7) is 4.90. The van der Waals surface area contributed by atoms with Gasteiger partial charge in [0.1, 0.15) is 5.75 Å². The molecule has 4 heteroatoms. The molecule has 2 saturated heterocycles. The van der Waals surface area contributed by atoms with Gasteiger partial charge >= 0.3 is 0 Å². The van der Waals surface area contributed by atoms with Gasteiger partial charge in [-0.15, -0.1) is 0 Å². The smallest absolute Gasteiger partial charge is 0.254 e. The molecule has 3 aliphatic heterocycles. The Bertz CT molecular complexity index is 557. The number of nitrogens with one attached hydrogen (secondary N) is 1. The van der Waals surface area contributed by atoms with Crippen LogP contribution in [0.3, 0.4) is 0 Å². The molecular formula is C16H20N2O2. The van der Waals surface area contributed by atoms with E-state index in [4.69, 9.17) is 4.74 Å². The number of hydrogen-bond donors (Lipinski definition) is 1. The molecule has 0 saturated carbocycles. The van der Waals surface area contributed by atoms with E-state index >= 15 is 0 Å². The van der Waals surface area contributed by atoms with E-state index in [1.807, 2.05) is 18.2 Å². The van der Waals surface area contributed by atoms with Gasteiger partial charge in [0.15, 0.2) is 0 Å². The van der Waals surface area contributed by atoms with Crippen LogP contribution < -0.4 is 10.1 Å². The summed E-state index contributed by atoms with van der Waals surface area (Å²) in [5, 5.41) is 3.41. The summed E-state index contributed by atoms with van der Waals surface area (Å²) in [6, 6.07) is 6.61. The van der Waals surface area contributed by atoms with Crippen molar-refractivity contribution in [2.45, 2.75) is 31.8 Å². The number of amides is 1. The molecule has 3 heterocycles. The fourth-order valence-corrected chi connectivity index (χ4v) is 3.98. The summed E-state index contributed by atoms with van der Waals surface area (Å²) in [6.07, 6.45) is 2.04. The molecule has 4 nitrogen and oxygen atoms in total. The maximum absolute atomic E-state index is 12.9. The first kappa shape index (κ1) is 12.2. The van der Waals surface area contributed by atoms with Gasteiger partial charge in [-0.2, -0.15) is 0 Å². The zero-order valence-electron chi connectivity index (χ0n) is 11.8. The third-order valence-corrected chi connectivity index (χ3v) is 4.95. The number of fused-ring (bicyclic) bond motifs is 2. The number of benzene rings is 1. The Labute approximate surface area is 119 Å². The molecule has 0 bridgehead atoms. The van der Waals surface area contributed by atoms with E-state index < -0.39 is 0 Å². The minimum atomic E-state index is 0.184. The minimum absolute atomic E-state index is 0.184. The van der Waals surface area contributed by atoms with Crippen LogP contribution in [0.5, 0.6) is 5.75 Å². The van der Waals surface area contributed by atoms with Crippen LogP contribution in [0.15, 0.2) is 18.2 Å². The topological polar surface area (TPSA) is 41.6 Å². The third-order valence-electron chi connectivity index (χ3n) is 4.95. The molecule has 0 spiro atoms. The molecule has 1 N–H and O–H groups in total. The largest absolute Gasteiger partial charge is 0.493 e. The Morgan fingerprint density at radius 2 is 2.30 bits per heavy atom. The van der Waals surface area contributed by atoms with Crippen molar-refractivity contribution < 1.29 is 9.53 Å². The lowest BCUT2D eigenvalue weighted by molar-refractivity contribution is 0.0682. The Hall–Kier alpha value is -1.55. The SMILES string of the molecule is CC1CC2CNCC2N1C(=O)c1ccc2c(c1)CCO2. The highest BCUT2D eigenvalue weighted by Gasteiger charge is 2.44. The van der Waals surface area contributed by atoms with Gasteiger partial charge in [0.25, 0.3) is 5.91 Å². The summed E-state index contributed by atoms with van der Waals surface area (Å²) in [5.74, 6) is 1.76. The van der Waals surface area contributed by atoms with Crippen LogP contribution in [-0.2, 0) is 6.42 Å². The standard InChI is InChI=1S/C16H20N2O2/c1-10-6-13-8-17-9-14(13)18(10)16(19)12-2-3-15-11(7-12)4-5-20-15/h2-3,7,10,13-14,17H,4-6,8-9H2,1H3. The number of ether oxygens (including phenoxy) is 1. The number of hydrogen-bond acceptors (Lipinski definition) is 3. The number of likely N-dealkylation sites (tertiary alicyclic amines) is 1. The lowest BCUT2D eigenvalue weighted by atomic mass is 10.0. The normalized spacial score (nSPS) is 31.1. The monoisotopic (exact) mass is 272 g/mol. The van der Waals surface area contributed by atoms with Crippen LogP contribution in [0.1, 0.15) is 29.3 Å². The van der Waals surface area contributed by atoms with E-state index in [9.17, 15) is 4.79 Å². The van der Waals surface area contributed by atoms with E-state index in [1.165, 1.54) is 5.56 Å². The lowest BCUT2D eigenvalue weighted by Crippen LogP contribution is -2.42. The molecule has 0 aromatic heterocycles. The number of nitrogens with zero attached hydrogens (tertiary/aromatic N) is 1. The molecule has 3 aliphatic rings. The summed E-state index contributed by atoms with van der Waals surface area (Å²) >= 11 is 0. The van der Waals surface area contributed by atoms with Crippen LogP contribution in [0.4, 0.5) is 0 Å². The fourth-order valence-electron chi connectivity index (χ4n) is 3.98. The van der Waals surface area contributed by atoms with Crippen molar-refractivity contribution in [3.05, 3.63) is 29.3 Å². The molecule has 1 amide bonds. The van der Waals surface area contributed by atoms with E-state index in [1.54, 1.807) is 0 Å². The highest BCUT2D eigenvalue weighted by Crippen LogP contribution is 2.34. The molecule has 3 unspecified atom stereocenters. The molecule has 2 fully saturated rings. The van der Waals surface area contributed by atoms with Crippen LogP contribution in [0.2, 0.25) is 0 Å². The summed E-state index contributed by atoms with van der Waals surface area (Å²) in [4.78, 5) is 15.0.